The van der Waals surface area contributed by atoms with E-state index in [-0.39, 0.29) is 23.7 Å². The van der Waals surface area contributed by atoms with Crippen molar-refractivity contribution in [2.45, 2.75) is 51.2 Å². The van der Waals surface area contributed by atoms with Crippen LogP contribution in [-0.2, 0) is 13.1 Å². The summed E-state index contributed by atoms with van der Waals surface area (Å²) in [5.41, 5.74) is 2.71. The Morgan fingerprint density at radius 3 is 2.56 bits per heavy atom. The van der Waals surface area contributed by atoms with E-state index in [1.54, 1.807) is 18.2 Å². The number of benzene rings is 2. The van der Waals surface area contributed by atoms with Crippen LogP contribution in [0, 0.1) is 5.82 Å². The van der Waals surface area contributed by atoms with Crippen LogP contribution in [0.25, 0.3) is 0 Å². The van der Waals surface area contributed by atoms with Crippen LogP contribution in [0.3, 0.4) is 0 Å². The Morgan fingerprint density at radius 1 is 1.07 bits per heavy atom. The van der Waals surface area contributed by atoms with Gasteiger partial charge in [-0.3, -0.25) is 9.59 Å². The Bertz CT molecular complexity index is 857. The fraction of sp³-hybridized carbons (Fsp3) is 0.364. The predicted molar refractivity (Wildman–Crippen MR) is 101 cm³/mol. The minimum absolute atomic E-state index is 0.0237. The second kappa shape index (κ2) is 7.51. The molecule has 0 radical (unpaired) electrons. The zero-order chi connectivity index (χ0) is 18.8. The molecule has 0 aromatic heterocycles. The second-order valence-corrected chi connectivity index (χ2v) is 7.37. The number of carbonyl (C=O) groups is 2. The lowest BCUT2D eigenvalue weighted by atomic mass is 9.94. The molecule has 4 rings (SSSR count). The van der Waals surface area contributed by atoms with Crippen molar-refractivity contribution in [1.82, 2.24) is 10.2 Å². The average Bonchev–Trinajstić information content (AvgIpc) is 3.05. The highest BCUT2D eigenvalue weighted by Crippen LogP contribution is 2.32. The lowest BCUT2D eigenvalue weighted by Crippen LogP contribution is -2.37. The maximum atomic E-state index is 13.0. The fourth-order valence-electron chi connectivity index (χ4n) is 4.14. The molecule has 1 aliphatic heterocycles. The Hall–Kier alpha value is -2.69. The largest absolute Gasteiger partial charge is 0.348 e. The van der Waals surface area contributed by atoms with Crippen molar-refractivity contribution in [1.29, 1.82) is 0 Å². The number of rotatable bonds is 4. The van der Waals surface area contributed by atoms with Crippen molar-refractivity contribution in [3.8, 4) is 0 Å². The number of hydrogen-bond acceptors (Lipinski definition) is 2. The first kappa shape index (κ1) is 17.7. The maximum Gasteiger partial charge on any atom is 0.255 e. The number of fused-ring (bicyclic) bond motifs is 1. The van der Waals surface area contributed by atoms with Crippen LogP contribution in [-0.4, -0.2) is 22.8 Å². The Balaban J connectivity index is 1.50. The Kier molecular flexibility index (Phi) is 4.92. The van der Waals surface area contributed by atoms with Crippen molar-refractivity contribution in [2.75, 3.05) is 0 Å². The van der Waals surface area contributed by atoms with E-state index in [9.17, 15) is 14.0 Å². The van der Waals surface area contributed by atoms with Gasteiger partial charge in [0.05, 0.1) is 11.1 Å². The molecule has 2 aromatic carbocycles. The minimum Gasteiger partial charge on any atom is -0.348 e. The SMILES string of the molecule is O=C(NCc1ccc(F)cc1)c1cccc2c1C(=O)N(C1CCCCC1)C2. The quantitative estimate of drug-likeness (QED) is 0.888. The first-order valence-electron chi connectivity index (χ1n) is 9.59. The van der Waals surface area contributed by atoms with E-state index in [1.165, 1.54) is 18.6 Å². The van der Waals surface area contributed by atoms with Crippen LogP contribution in [0.5, 0.6) is 0 Å². The number of nitrogens with zero attached hydrogens (tertiary/aromatic N) is 1. The van der Waals surface area contributed by atoms with Gasteiger partial charge in [0.1, 0.15) is 5.82 Å². The number of nitrogens with one attached hydrogen (secondary N) is 1. The van der Waals surface area contributed by atoms with Gasteiger partial charge >= 0.3 is 0 Å². The molecule has 1 fully saturated rings. The molecule has 2 aromatic rings. The van der Waals surface area contributed by atoms with Gasteiger partial charge in [-0.1, -0.05) is 43.5 Å². The van der Waals surface area contributed by atoms with E-state index in [1.807, 2.05) is 17.0 Å². The summed E-state index contributed by atoms with van der Waals surface area (Å²) in [6.07, 6.45) is 5.66. The molecule has 5 heteroatoms. The molecule has 1 saturated carbocycles. The third-order valence-electron chi connectivity index (χ3n) is 5.59. The van der Waals surface area contributed by atoms with E-state index in [0.717, 1.165) is 36.8 Å². The standard InChI is InChI=1S/C22H23FN2O2/c23-17-11-9-15(10-12-17)13-24-21(26)19-8-4-5-16-14-25(22(27)20(16)19)18-6-2-1-3-7-18/h4-5,8-12,18H,1-3,6-7,13-14H2,(H,24,26). The molecule has 0 spiro atoms. The summed E-state index contributed by atoms with van der Waals surface area (Å²) in [4.78, 5) is 27.7. The van der Waals surface area contributed by atoms with E-state index >= 15 is 0 Å². The van der Waals surface area contributed by atoms with E-state index in [0.29, 0.717) is 24.2 Å². The molecule has 2 amide bonds. The highest BCUT2D eigenvalue weighted by Gasteiger charge is 2.35. The molecule has 27 heavy (non-hydrogen) atoms. The molecule has 4 nitrogen and oxygen atoms in total. The zero-order valence-electron chi connectivity index (χ0n) is 15.2. The molecule has 0 atom stereocenters. The fourth-order valence-corrected chi connectivity index (χ4v) is 4.14. The normalized spacial score (nSPS) is 17.1. The molecule has 1 aliphatic carbocycles. The topological polar surface area (TPSA) is 49.4 Å². The van der Waals surface area contributed by atoms with Gasteiger partial charge in [-0.05, 0) is 42.2 Å². The molecule has 1 heterocycles. The van der Waals surface area contributed by atoms with E-state index in [4.69, 9.17) is 0 Å². The third kappa shape index (κ3) is 3.59. The van der Waals surface area contributed by atoms with Crippen LogP contribution in [0.1, 0.15) is 63.9 Å². The number of amides is 2. The lowest BCUT2D eigenvalue weighted by molar-refractivity contribution is 0.0656. The molecule has 1 N–H and O–H groups in total. The molecule has 0 saturated heterocycles. The predicted octanol–water partition coefficient (Wildman–Crippen LogP) is 4.04. The van der Waals surface area contributed by atoms with Crippen LogP contribution in [0.4, 0.5) is 4.39 Å². The van der Waals surface area contributed by atoms with Gasteiger partial charge in [0, 0.05) is 19.1 Å². The summed E-state index contributed by atoms with van der Waals surface area (Å²) < 4.78 is 13.0. The van der Waals surface area contributed by atoms with Crippen molar-refractivity contribution in [2.24, 2.45) is 0 Å². The zero-order valence-corrected chi connectivity index (χ0v) is 15.2. The van der Waals surface area contributed by atoms with E-state index < -0.39 is 0 Å². The number of hydrogen-bond donors (Lipinski definition) is 1. The highest BCUT2D eigenvalue weighted by atomic mass is 19.1. The van der Waals surface area contributed by atoms with Crippen LogP contribution in [0.2, 0.25) is 0 Å². The lowest BCUT2D eigenvalue weighted by Gasteiger charge is -2.30. The second-order valence-electron chi connectivity index (χ2n) is 7.37. The van der Waals surface area contributed by atoms with Crippen molar-refractivity contribution in [3.05, 3.63) is 70.5 Å². The molecular weight excluding hydrogens is 343 g/mol. The smallest absolute Gasteiger partial charge is 0.255 e. The average molecular weight is 366 g/mol. The van der Waals surface area contributed by atoms with Gasteiger partial charge in [-0.2, -0.15) is 0 Å². The van der Waals surface area contributed by atoms with Gasteiger partial charge in [0.25, 0.3) is 11.8 Å². The van der Waals surface area contributed by atoms with Crippen LogP contribution < -0.4 is 5.32 Å². The summed E-state index contributed by atoms with van der Waals surface area (Å²) in [5, 5.41) is 2.85. The molecule has 0 bridgehead atoms. The van der Waals surface area contributed by atoms with Gasteiger partial charge in [0.15, 0.2) is 0 Å². The first-order chi connectivity index (χ1) is 13.1. The van der Waals surface area contributed by atoms with Crippen molar-refractivity contribution in [3.63, 3.8) is 0 Å². The molecule has 0 unspecified atom stereocenters. The van der Waals surface area contributed by atoms with Crippen LogP contribution in [0.15, 0.2) is 42.5 Å². The van der Waals surface area contributed by atoms with Crippen molar-refractivity contribution >= 4 is 11.8 Å². The first-order valence-corrected chi connectivity index (χ1v) is 9.59. The van der Waals surface area contributed by atoms with E-state index in [2.05, 4.69) is 5.32 Å². The summed E-state index contributed by atoms with van der Waals surface area (Å²) in [6.45, 7) is 0.890. The minimum atomic E-state index is -0.306. The highest BCUT2D eigenvalue weighted by molar-refractivity contribution is 6.09. The molecular formula is C22H23FN2O2. The Morgan fingerprint density at radius 2 is 1.81 bits per heavy atom. The summed E-state index contributed by atoms with van der Waals surface area (Å²) in [6, 6.07) is 11.8. The van der Waals surface area contributed by atoms with Gasteiger partial charge in [-0.15, -0.1) is 0 Å². The molecule has 2 aliphatic rings. The molecule has 140 valence electrons. The van der Waals surface area contributed by atoms with Crippen LogP contribution >= 0.6 is 0 Å². The monoisotopic (exact) mass is 366 g/mol. The third-order valence-corrected chi connectivity index (χ3v) is 5.59. The van der Waals surface area contributed by atoms with Crippen molar-refractivity contribution < 1.29 is 14.0 Å². The number of halogens is 1. The number of carbonyl (C=O) groups excluding carboxylic acids is 2. The summed E-state index contributed by atoms with van der Waals surface area (Å²) >= 11 is 0. The Labute approximate surface area is 158 Å². The van der Waals surface area contributed by atoms with Gasteiger partial charge < -0.3 is 10.2 Å². The van der Waals surface area contributed by atoms with Gasteiger partial charge in [-0.25, -0.2) is 4.39 Å². The van der Waals surface area contributed by atoms with Gasteiger partial charge in [0.2, 0.25) is 0 Å². The summed E-state index contributed by atoms with van der Waals surface area (Å²) in [5.74, 6) is -0.598. The summed E-state index contributed by atoms with van der Waals surface area (Å²) in [7, 11) is 0. The maximum absolute atomic E-state index is 13.0.